The summed E-state index contributed by atoms with van der Waals surface area (Å²) in [6, 6.07) is 0. The minimum Gasteiger partial charge on any atom is -0.462 e. The van der Waals surface area contributed by atoms with Crippen molar-refractivity contribution in [2.45, 2.75) is 6.92 Å². The van der Waals surface area contributed by atoms with Gasteiger partial charge in [0.2, 0.25) is 0 Å². The van der Waals surface area contributed by atoms with Gasteiger partial charge >= 0.3 is 5.97 Å². The van der Waals surface area contributed by atoms with Gasteiger partial charge in [-0.3, -0.25) is 14.2 Å². The molecule has 0 saturated heterocycles. The average Bonchev–Trinajstić information content (AvgIpc) is 2.98. The maximum absolute atomic E-state index is 12.0. The van der Waals surface area contributed by atoms with Crippen LogP contribution < -0.4 is 5.32 Å². The van der Waals surface area contributed by atoms with Crippen LogP contribution in [0.1, 0.15) is 27.8 Å². The van der Waals surface area contributed by atoms with E-state index >= 15 is 0 Å². The van der Waals surface area contributed by atoms with E-state index in [0.717, 1.165) is 0 Å². The number of carbonyl (C=O) groups is 2. The lowest BCUT2D eigenvalue weighted by Gasteiger charge is -2.06. The predicted octanol–water partition coefficient (Wildman–Crippen LogP) is -0.0224. The minimum atomic E-state index is -0.546. The Hall–Kier alpha value is -2.71. The van der Waals surface area contributed by atoms with Crippen LogP contribution in [0.15, 0.2) is 12.4 Å². The number of hydrogen-bond donors (Lipinski definition) is 1. The first kappa shape index (κ1) is 13.7. The monoisotopic (exact) mass is 278 g/mol. The van der Waals surface area contributed by atoms with Crippen LogP contribution in [0.25, 0.3) is 0 Å². The number of nitrogens with zero attached hydrogens (tertiary/aromatic N) is 5. The molecule has 1 amide bonds. The minimum absolute atomic E-state index is 0.142. The number of aromatic nitrogens is 5. The molecular formula is C11H14N6O3. The molecule has 0 atom stereocenters. The van der Waals surface area contributed by atoms with Crippen LogP contribution in [0.4, 0.5) is 5.82 Å². The second-order valence-electron chi connectivity index (χ2n) is 3.98. The van der Waals surface area contributed by atoms with E-state index in [0.29, 0.717) is 0 Å². The fourth-order valence-corrected chi connectivity index (χ4v) is 1.57. The van der Waals surface area contributed by atoms with Crippen molar-refractivity contribution in [2.75, 3.05) is 11.9 Å². The van der Waals surface area contributed by atoms with Gasteiger partial charge in [-0.25, -0.2) is 4.79 Å². The van der Waals surface area contributed by atoms with Crippen LogP contribution in [0.3, 0.4) is 0 Å². The van der Waals surface area contributed by atoms with Crippen molar-refractivity contribution >= 4 is 17.7 Å². The number of aryl methyl sites for hydroxylation is 2. The standard InChI is InChI=1S/C11H14N6O3/c1-4-20-11(19)7-5-12-17(3)9(7)13-10(18)8-6-16(2)15-14-8/h5-6H,4H2,1-3H3,(H,13,18). The number of ether oxygens (including phenoxy) is 1. The summed E-state index contributed by atoms with van der Waals surface area (Å²) in [4.78, 5) is 23.7. The largest absolute Gasteiger partial charge is 0.462 e. The summed E-state index contributed by atoms with van der Waals surface area (Å²) in [6.45, 7) is 1.94. The molecule has 0 bridgehead atoms. The molecule has 1 N–H and O–H groups in total. The SMILES string of the molecule is CCOC(=O)c1cnn(C)c1NC(=O)c1cn(C)nn1. The molecule has 0 fully saturated rings. The van der Waals surface area contributed by atoms with E-state index in [9.17, 15) is 9.59 Å². The van der Waals surface area contributed by atoms with Gasteiger partial charge in [-0.05, 0) is 6.92 Å². The molecule has 0 aliphatic heterocycles. The highest BCUT2D eigenvalue weighted by Gasteiger charge is 2.20. The quantitative estimate of drug-likeness (QED) is 0.788. The lowest BCUT2D eigenvalue weighted by molar-refractivity contribution is 0.0527. The Balaban J connectivity index is 2.23. The Bertz CT molecular complexity index is 644. The maximum atomic E-state index is 12.0. The van der Waals surface area contributed by atoms with Crippen molar-refractivity contribution in [2.24, 2.45) is 14.1 Å². The third-order valence-electron chi connectivity index (χ3n) is 2.50. The Morgan fingerprint density at radius 1 is 1.40 bits per heavy atom. The van der Waals surface area contributed by atoms with E-state index in [1.807, 2.05) is 0 Å². The normalized spacial score (nSPS) is 10.3. The molecular weight excluding hydrogens is 264 g/mol. The number of anilines is 1. The fourth-order valence-electron chi connectivity index (χ4n) is 1.57. The van der Waals surface area contributed by atoms with Crippen LogP contribution >= 0.6 is 0 Å². The lowest BCUT2D eigenvalue weighted by Crippen LogP contribution is -2.18. The number of nitrogens with one attached hydrogen (secondary N) is 1. The van der Waals surface area contributed by atoms with E-state index in [4.69, 9.17) is 4.74 Å². The van der Waals surface area contributed by atoms with E-state index in [-0.39, 0.29) is 23.7 Å². The zero-order valence-electron chi connectivity index (χ0n) is 11.3. The highest BCUT2D eigenvalue weighted by atomic mass is 16.5. The Kier molecular flexibility index (Phi) is 3.78. The van der Waals surface area contributed by atoms with Gasteiger partial charge < -0.3 is 10.1 Å². The van der Waals surface area contributed by atoms with Gasteiger partial charge in [0.05, 0.1) is 19.0 Å². The molecule has 0 unspecified atom stereocenters. The summed E-state index contributed by atoms with van der Waals surface area (Å²) in [5, 5.41) is 13.9. The molecule has 9 heteroatoms. The Morgan fingerprint density at radius 3 is 2.75 bits per heavy atom. The number of hydrogen-bond acceptors (Lipinski definition) is 6. The van der Waals surface area contributed by atoms with E-state index in [1.165, 1.54) is 21.8 Å². The number of carbonyl (C=O) groups excluding carboxylic acids is 2. The summed E-state index contributed by atoms with van der Waals surface area (Å²) in [5.41, 5.74) is 0.329. The van der Waals surface area contributed by atoms with Crippen molar-refractivity contribution in [1.29, 1.82) is 0 Å². The van der Waals surface area contributed by atoms with Gasteiger partial charge in [-0.2, -0.15) is 5.10 Å². The first-order chi connectivity index (χ1) is 9.52. The van der Waals surface area contributed by atoms with Gasteiger partial charge in [-0.15, -0.1) is 5.10 Å². The molecule has 2 heterocycles. The van der Waals surface area contributed by atoms with E-state index in [2.05, 4.69) is 20.7 Å². The van der Waals surface area contributed by atoms with Gasteiger partial charge in [0.25, 0.3) is 5.91 Å². The van der Waals surface area contributed by atoms with Crippen LogP contribution in [-0.4, -0.2) is 43.3 Å². The first-order valence-corrected chi connectivity index (χ1v) is 5.89. The molecule has 9 nitrogen and oxygen atoms in total. The van der Waals surface area contributed by atoms with E-state index < -0.39 is 11.9 Å². The molecule has 0 radical (unpaired) electrons. The van der Waals surface area contributed by atoms with Crippen LogP contribution in [0.5, 0.6) is 0 Å². The molecule has 2 aromatic heterocycles. The van der Waals surface area contributed by atoms with Crippen LogP contribution in [0, 0.1) is 0 Å². The predicted molar refractivity (Wildman–Crippen MR) is 68.1 cm³/mol. The summed E-state index contributed by atoms with van der Waals surface area (Å²) in [5.74, 6) is -0.776. The van der Waals surface area contributed by atoms with Crippen LogP contribution in [0.2, 0.25) is 0 Å². The zero-order valence-corrected chi connectivity index (χ0v) is 11.3. The second kappa shape index (κ2) is 5.51. The van der Waals surface area contributed by atoms with E-state index in [1.54, 1.807) is 21.0 Å². The lowest BCUT2D eigenvalue weighted by atomic mass is 10.3. The summed E-state index contributed by atoms with van der Waals surface area (Å²) in [7, 11) is 3.26. The molecule has 0 aliphatic carbocycles. The smallest absolute Gasteiger partial charge is 0.343 e. The summed E-state index contributed by atoms with van der Waals surface area (Å²) in [6.07, 6.45) is 2.81. The molecule has 106 valence electrons. The molecule has 0 saturated carbocycles. The molecule has 0 spiro atoms. The van der Waals surface area contributed by atoms with Gasteiger partial charge in [0.1, 0.15) is 11.4 Å². The van der Waals surface area contributed by atoms with Crippen molar-refractivity contribution in [3.05, 3.63) is 23.7 Å². The molecule has 2 rings (SSSR count). The van der Waals surface area contributed by atoms with Gasteiger partial charge in [-0.1, -0.05) is 5.21 Å². The fraction of sp³-hybridized carbons (Fsp3) is 0.364. The molecule has 0 aromatic carbocycles. The number of esters is 1. The van der Waals surface area contributed by atoms with Crippen molar-refractivity contribution in [3.63, 3.8) is 0 Å². The zero-order chi connectivity index (χ0) is 14.7. The Labute approximate surface area is 114 Å². The molecule has 20 heavy (non-hydrogen) atoms. The highest BCUT2D eigenvalue weighted by molar-refractivity contribution is 6.06. The first-order valence-electron chi connectivity index (χ1n) is 5.89. The topological polar surface area (TPSA) is 104 Å². The van der Waals surface area contributed by atoms with Gasteiger partial charge in [0, 0.05) is 14.1 Å². The summed E-state index contributed by atoms with van der Waals surface area (Å²) >= 11 is 0. The average molecular weight is 278 g/mol. The third-order valence-corrected chi connectivity index (χ3v) is 2.50. The second-order valence-corrected chi connectivity index (χ2v) is 3.98. The summed E-state index contributed by atoms with van der Waals surface area (Å²) < 4.78 is 7.68. The van der Waals surface area contributed by atoms with Crippen molar-refractivity contribution in [3.8, 4) is 0 Å². The maximum Gasteiger partial charge on any atom is 0.343 e. The molecule has 2 aromatic rings. The third kappa shape index (κ3) is 2.66. The van der Waals surface area contributed by atoms with Crippen LogP contribution in [-0.2, 0) is 18.8 Å². The number of rotatable bonds is 4. The van der Waals surface area contributed by atoms with Gasteiger partial charge in [0.15, 0.2) is 5.69 Å². The molecule has 0 aliphatic rings. The van der Waals surface area contributed by atoms with Crippen molar-refractivity contribution in [1.82, 2.24) is 24.8 Å². The Morgan fingerprint density at radius 2 is 2.15 bits per heavy atom. The highest BCUT2D eigenvalue weighted by Crippen LogP contribution is 2.16. The number of amides is 1. The van der Waals surface area contributed by atoms with Crippen molar-refractivity contribution < 1.29 is 14.3 Å².